The van der Waals surface area contributed by atoms with Crippen LogP contribution in [0.4, 0.5) is 0 Å². The third-order valence-corrected chi connectivity index (χ3v) is 6.81. The van der Waals surface area contributed by atoms with Crippen LogP contribution in [-0.4, -0.2) is 33.1 Å². The Morgan fingerprint density at radius 1 is 1.24 bits per heavy atom. The van der Waals surface area contributed by atoms with Gasteiger partial charge in [-0.15, -0.1) is 23.7 Å². The number of imidazole rings is 1. The van der Waals surface area contributed by atoms with Crippen molar-refractivity contribution in [1.29, 1.82) is 0 Å². The first-order valence-electron chi connectivity index (χ1n) is 10.4. The topological polar surface area (TPSA) is 87.2 Å². The largest absolute Gasteiger partial charge is 0.488 e. The molecule has 0 radical (unpaired) electrons. The summed E-state index contributed by atoms with van der Waals surface area (Å²) in [7, 11) is 0. The first-order chi connectivity index (χ1) is 15.6. The van der Waals surface area contributed by atoms with Gasteiger partial charge >= 0.3 is 0 Å². The van der Waals surface area contributed by atoms with E-state index in [1.54, 1.807) is 29.6 Å². The first kappa shape index (κ1) is 25.0. The smallest absolute Gasteiger partial charge is 0.269 e. The highest BCUT2D eigenvalue weighted by Gasteiger charge is 2.20. The number of carbonyl (C=O) groups excluding carboxylic acids is 1. The molecule has 2 atom stereocenters. The Balaban J connectivity index is 0.00000306. The Morgan fingerprint density at radius 2 is 2.09 bits per heavy atom. The number of aliphatic hydroxyl groups is 1. The number of ether oxygens (including phenoxy) is 1. The lowest BCUT2D eigenvalue weighted by atomic mass is 10.0. The number of carbonyl (C=O) groups is 1. The van der Waals surface area contributed by atoms with Crippen LogP contribution in [0.2, 0.25) is 0 Å². The van der Waals surface area contributed by atoms with Gasteiger partial charge in [-0.25, -0.2) is 4.98 Å². The summed E-state index contributed by atoms with van der Waals surface area (Å²) in [5.74, 6) is 0.541. The number of aryl methyl sites for hydroxylation is 1. The number of aromatic amines is 1. The van der Waals surface area contributed by atoms with Crippen LogP contribution in [0.5, 0.6) is 5.75 Å². The maximum Gasteiger partial charge on any atom is 0.269 e. The Kier molecular flexibility index (Phi) is 9.08. The van der Waals surface area contributed by atoms with Gasteiger partial charge in [-0.2, -0.15) is 11.3 Å². The summed E-state index contributed by atoms with van der Waals surface area (Å²) >= 11 is 3.38. The van der Waals surface area contributed by atoms with Gasteiger partial charge in [0.1, 0.15) is 18.1 Å². The molecule has 3 heterocycles. The standard InChI is InChI=1S/C24H25N3O3S2.ClH/c1-16(28)21(27-24(29)22-11-25-15-26-22)7-6-17-4-2-3-5-23(17)30-12-20-10-19(14-32-20)18-8-9-31-13-18;/h2-5,8-11,13-16,21,28H,6-7,12H2,1H3,(H,25,26)(H,27,29);1H/t16-,21+;/m0./s1. The normalized spacial score (nSPS) is 12.5. The number of H-pyrrole nitrogens is 1. The van der Waals surface area contributed by atoms with Gasteiger partial charge in [-0.3, -0.25) is 4.79 Å². The Hall–Kier alpha value is -2.65. The number of halogens is 1. The zero-order valence-corrected chi connectivity index (χ0v) is 20.5. The minimum Gasteiger partial charge on any atom is -0.488 e. The van der Waals surface area contributed by atoms with Crippen molar-refractivity contribution in [2.24, 2.45) is 0 Å². The van der Waals surface area contributed by atoms with Crippen LogP contribution in [0.25, 0.3) is 11.1 Å². The van der Waals surface area contributed by atoms with E-state index >= 15 is 0 Å². The molecule has 0 aliphatic heterocycles. The van der Waals surface area contributed by atoms with Gasteiger partial charge in [0.25, 0.3) is 5.91 Å². The number of amides is 1. The van der Waals surface area contributed by atoms with E-state index in [1.165, 1.54) is 23.7 Å². The number of nitrogens with zero attached hydrogens (tertiary/aromatic N) is 1. The summed E-state index contributed by atoms with van der Waals surface area (Å²) in [6, 6.07) is 11.8. The highest BCUT2D eigenvalue weighted by molar-refractivity contribution is 7.10. The predicted octanol–water partition coefficient (Wildman–Crippen LogP) is 5.31. The van der Waals surface area contributed by atoms with E-state index in [1.807, 2.05) is 24.3 Å². The van der Waals surface area contributed by atoms with Crippen molar-refractivity contribution in [3.05, 3.63) is 81.2 Å². The fourth-order valence-electron chi connectivity index (χ4n) is 3.41. The molecular weight excluding hydrogens is 478 g/mol. The molecule has 3 N–H and O–H groups in total. The van der Waals surface area contributed by atoms with Gasteiger partial charge in [-0.1, -0.05) is 18.2 Å². The van der Waals surface area contributed by atoms with Crippen LogP contribution >= 0.6 is 35.1 Å². The molecule has 0 saturated heterocycles. The SMILES string of the molecule is C[C@H](O)[C@@H](CCc1ccccc1OCc1cc(-c2ccsc2)cs1)NC(=O)c1cnc[nH]1.Cl. The van der Waals surface area contributed by atoms with Crippen molar-refractivity contribution in [2.45, 2.75) is 38.5 Å². The Bertz CT molecular complexity index is 1130. The van der Waals surface area contributed by atoms with Crippen molar-refractivity contribution in [3.8, 4) is 16.9 Å². The van der Waals surface area contributed by atoms with E-state index in [4.69, 9.17) is 4.74 Å². The molecule has 0 fully saturated rings. The fourth-order valence-corrected chi connectivity index (χ4v) is 4.88. The minimum atomic E-state index is -0.684. The number of hydrogen-bond donors (Lipinski definition) is 3. The molecule has 33 heavy (non-hydrogen) atoms. The lowest BCUT2D eigenvalue weighted by molar-refractivity contribution is 0.0846. The molecule has 4 aromatic rings. The average molecular weight is 504 g/mol. The molecule has 0 bridgehead atoms. The summed E-state index contributed by atoms with van der Waals surface area (Å²) in [4.78, 5) is 20.1. The van der Waals surface area contributed by atoms with Gasteiger partial charge in [0.05, 0.1) is 24.7 Å². The molecule has 0 aliphatic carbocycles. The second-order valence-electron chi connectivity index (χ2n) is 7.53. The summed E-state index contributed by atoms with van der Waals surface area (Å²) in [6.45, 7) is 2.18. The monoisotopic (exact) mass is 503 g/mol. The van der Waals surface area contributed by atoms with Crippen LogP contribution in [0.3, 0.4) is 0 Å². The summed E-state index contributed by atoms with van der Waals surface area (Å²) in [5.41, 5.74) is 3.87. The molecule has 174 valence electrons. The average Bonchev–Trinajstić information content (AvgIpc) is 3.57. The lowest BCUT2D eigenvalue weighted by Crippen LogP contribution is -2.42. The maximum absolute atomic E-state index is 12.3. The molecule has 0 saturated carbocycles. The van der Waals surface area contributed by atoms with Gasteiger partial charge < -0.3 is 20.1 Å². The molecule has 6 nitrogen and oxygen atoms in total. The third-order valence-electron chi connectivity index (χ3n) is 5.22. The van der Waals surface area contributed by atoms with Crippen molar-refractivity contribution in [3.63, 3.8) is 0 Å². The highest BCUT2D eigenvalue weighted by atomic mass is 35.5. The van der Waals surface area contributed by atoms with Crippen molar-refractivity contribution < 1.29 is 14.6 Å². The number of nitrogens with one attached hydrogen (secondary N) is 2. The van der Waals surface area contributed by atoms with Gasteiger partial charge in [0.15, 0.2) is 0 Å². The van der Waals surface area contributed by atoms with E-state index in [0.717, 1.165) is 16.2 Å². The number of benzene rings is 1. The van der Waals surface area contributed by atoms with E-state index in [9.17, 15) is 9.90 Å². The summed E-state index contributed by atoms with van der Waals surface area (Å²) < 4.78 is 6.14. The molecular formula is C24H26ClN3O3S2. The zero-order chi connectivity index (χ0) is 22.3. The van der Waals surface area contributed by atoms with E-state index in [-0.39, 0.29) is 24.4 Å². The van der Waals surface area contributed by atoms with Crippen molar-refractivity contribution in [2.75, 3.05) is 0 Å². The van der Waals surface area contributed by atoms with Gasteiger partial charge in [-0.05, 0) is 70.8 Å². The molecule has 0 unspecified atom stereocenters. The van der Waals surface area contributed by atoms with E-state index < -0.39 is 6.10 Å². The van der Waals surface area contributed by atoms with Crippen LogP contribution in [0, 0.1) is 0 Å². The number of hydrogen-bond acceptors (Lipinski definition) is 6. The Morgan fingerprint density at radius 3 is 2.82 bits per heavy atom. The predicted molar refractivity (Wildman–Crippen MR) is 135 cm³/mol. The van der Waals surface area contributed by atoms with Crippen molar-refractivity contribution >= 4 is 41.0 Å². The summed E-state index contributed by atoms with van der Waals surface area (Å²) in [6.07, 6.45) is 3.48. The molecule has 9 heteroatoms. The molecule has 4 rings (SSSR count). The number of aromatic nitrogens is 2. The molecule has 0 aliphatic rings. The maximum atomic E-state index is 12.3. The zero-order valence-electron chi connectivity index (χ0n) is 18.1. The Labute approximate surface area is 207 Å². The van der Waals surface area contributed by atoms with E-state index in [0.29, 0.717) is 25.1 Å². The molecule has 0 spiro atoms. The number of aliphatic hydroxyl groups excluding tert-OH is 1. The number of thiophene rings is 2. The molecule has 1 aromatic carbocycles. The van der Waals surface area contributed by atoms with Crippen LogP contribution in [0.1, 0.15) is 34.3 Å². The first-order valence-corrected chi connectivity index (χ1v) is 12.2. The van der Waals surface area contributed by atoms with Crippen LogP contribution in [0.15, 0.2) is 65.1 Å². The van der Waals surface area contributed by atoms with Gasteiger partial charge in [0.2, 0.25) is 0 Å². The fraction of sp³-hybridized carbons (Fsp3) is 0.250. The number of para-hydroxylation sites is 1. The second kappa shape index (κ2) is 12.0. The minimum absolute atomic E-state index is 0. The van der Waals surface area contributed by atoms with Crippen LogP contribution < -0.4 is 10.1 Å². The molecule has 1 amide bonds. The number of rotatable bonds is 10. The third kappa shape index (κ3) is 6.68. The summed E-state index contributed by atoms with van der Waals surface area (Å²) in [5, 5.41) is 19.4. The van der Waals surface area contributed by atoms with Gasteiger partial charge in [0, 0.05) is 4.88 Å². The molecule has 3 aromatic heterocycles. The van der Waals surface area contributed by atoms with Crippen LogP contribution in [-0.2, 0) is 13.0 Å². The highest BCUT2D eigenvalue weighted by Crippen LogP contribution is 2.29. The van der Waals surface area contributed by atoms with Crippen molar-refractivity contribution in [1.82, 2.24) is 15.3 Å². The lowest BCUT2D eigenvalue weighted by Gasteiger charge is -2.21. The second-order valence-corrected chi connectivity index (χ2v) is 9.31. The van der Waals surface area contributed by atoms with E-state index in [2.05, 4.69) is 43.6 Å². The quantitative estimate of drug-likeness (QED) is 0.273.